The summed E-state index contributed by atoms with van der Waals surface area (Å²) >= 11 is 5.96. The van der Waals surface area contributed by atoms with Gasteiger partial charge in [0.25, 0.3) is 5.91 Å². The number of carbonyl (C=O) groups excluding carboxylic acids is 1. The fourth-order valence-electron chi connectivity index (χ4n) is 2.16. The zero-order chi connectivity index (χ0) is 12.3. The molecule has 1 unspecified atom stereocenters. The van der Waals surface area contributed by atoms with E-state index in [9.17, 15) is 9.90 Å². The number of halogens is 1. The van der Waals surface area contributed by atoms with Crippen molar-refractivity contribution in [1.29, 1.82) is 0 Å². The summed E-state index contributed by atoms with van der Waals surface area (Å²) in [7, 11) is 0. The molecule has 1 fully saturated rings. The first kappa shape index (κ1) is 12.3. The van der Waals surface area contributed by atoms with Crippen LogP contribution in [-0.4, -0.2) is 40.1 Å². The van der Waals surface area contributed by atoms with Gasteiger partial charge in [0.15, 0.2) is 0 Å². The highest BCUT2D eigenvalue weighted by atomic mass is 35.5. The van der Waals surface area contributed by atoms with Crippen LogP contribution in [0, 0.1) is 0 Å². The molecule has 4 nitrogen and oxygen atoms in total. The summed E-state index contributed by atoms with van der Waals surface area (Å²) in [5.41, 5.74) is 0.460. The number of pyridine rings is 1. The van der Waals surface area contributed by atoms with E-state index < -0.39 is 0 Å². The van der Waals surface area contributed by atoms with E-state index >= 15 is 0 Å². The van der Waals surface area contributed by atoms with E-state index in [1.165, 1.54) is 6.20 Å². The Bertz CT molecular complexity index is 411. The third-order valence-corrected chi connectivity index (χ3v) is 3.40. The molecule has 17 heavy (non-hydrogen) atoms. The Kier molecular flexibility index (Phi) is 3.97. The SMILES string of the molecule is O=C(c1ccncc1Cl)N1CCCCC1CO. The first-order valence-electron chi connectivity index (χ1n) is 5.75. The first-order chi connectivity index (χ1) is 8.24. The summed E-state index contributed by atoms with van der Waals surface area (Å²) in [5.74, 6) is -0.115. The highest BCUT2D eigenvalue weighted by Crippen LogP contribution is 2.22. The van der Waals surface area contributed by atoms with Crippen LogP contribution in [-0.2, 0) is 0 Å². The van der Waals surface area contributed by atoms with Crippen molar-refractivity contribution in [2.75, 3.05) is 13.2 Å². The number of rotatable bonds is 2. The average molecular weight is 255 g/mol. The van der Waals surface area contributed by atoms with Crippen LogP contribution in [0.15, 0.2) is 18.5 Å². The maximum atomic E-state index is 12.3. The molecule has 0 aliphatic carbocycles. The van der Waals surface area contributed by atoms with Crippen LogP contribution in [0.4, 0.5) is 0 Å². The second-order valence-electron chi connectivity index (χ2n) is 4.19. The quantitative estimate of drug-likeness (QED) is 0.874. The fraction of sp³-hybridized carbons (Fsp3) is 0.500. The number of likely N-dealkylation sites (tertiary alicyclic amines) is 1. The van der Waals surface area contributed by atoms with Gasteiger partial charge >= 0.3 is 0 Å². The summed E-state index contributed by atoms with van der Waals surface area (Å²) in [6.07, 6.45) is 5.90. The van der Waals surface area contributed by atoms with Gasteiger partial charge in [-0.3, -0.25) is 9.78 Å². The van der Waals surface area contributed by atoms with Crippen molar-refractivity contribution in [2.24, 2.45) is 0 Å². The number of carbonyl (C=O) groups is 1. The van der Waals surface area contributed by atoms with E-state index in [0.717, 1.165) is 19.3 Å². The van der Waals surface area contributed by atoms with E-state index in [1.54, 1.807) is 17.2 Å². The molecule has 0 spiro atoms. The fourth-order valence-corrected chi connectivity index (χ4v) is 2.36. The molecule has 1 aliphatic rings. The summed E-state index contributed by atoms with van der Waals surface area (Å²) in [5, 5.41) is 9.65. The monoisotopic (exact) mass is 254 g/mol. The van der Waals surface area contributed by atoms with Gasteiger partial charge in [-0.05, 0) is 25.3 Å². The van der Waals surface area contributed by atoms with Crippen LogP contribution < -0.4 is 0 Å². The molecule has 1 atom stereocenters. The number of piperidine rings is 1. The molecular weight excluding hydrogens is 240 g/mol. The van der Waals surface area contributed by atoms with Crippen LogP contribution in [0.5, 0.6) is 0 Å². The lowest BCUT2D eigenvalue weighted by atomic mass is 10.0. The molecule has 92 valence electrons. The molecule has 2 heterocycles. The largest absolute Gasteiger partial charge is 0.394 e. The minimum absolute atomic E-state index is 0.00838. The molecule has 5 heteroatoms. The van der Waals surface area contributed by atoms with E-state index in [2.05, 4.69) is 4.98 Å². The lowest BCUT2D eigenvalue weighted by Crippen LogP contribution is -2.45. The number of amides is 1. The van der Waals surface area contributed by atoms with Crippen molar-refractivity contribution in [3.8, 4) is 0 Å². The van der Waals surface area contributed by atoms with Crippen LogP contribution in [0.2, 0.25) is 5.02 Å². The number of nitrogens with zero attached hydrogens (tertiary/aromatic N) is 2. The molecule has 2 rings (SSSR count). The van der Waals surface area contributed by atoms with Crippen LogP contribution in [0.3, 0.4) is 0 Å². The van der Waals surface area contributed by atoms with Crippen molar-refractivity contribution in [3.63, 3.8) is 0 Å². The molecule has 1 aromatic rings. The number of hydrogen-bond acceptors (Lipinski definition) is 3. The van der Waals surface area contributed by atoms with E-state index in [1.807, 2.05) is 0 Å². The lowest BCUT2D eigenvalue weighted by molar-refractivity contribution is 0.0503. The highest BCUT2D eigenvalue weighted by Gasteiger charge is 2.27. The minimum Gasteiger partial charge on any atom is -0.394 e. The first-order valence-corrected chi connectivity index (χ1v) is 6.13. The van der Waals surface area contributed by atoms with Gasteiger partial charge in [-0.2, -0.15) is 0 Å². The Labute approximate surface area is 105 Å². The Hall–Kier alpha value is -1.13. The normalized spacial score (nSPS) is 20.4. The van der Waals surface area contributed by atoms with Crippen LogP contribution in [0.1, 0.15) is 29.6 Å². The van der Waals surface area contributed by atoms with Crippen molar-refractivity contribution in [2.45, 2.75) is 25.3 Å². The number of hydrogen-bond donors (Lipinski definition) is 1. The Morgan fingerprint density at radius 1 is 1.59 bits per heavy atom. The Morgan fingerprint density at radius 2 is 2.41 bits per heavy atom. The zero-order valence-corrected chi connectivity index (χ0v) is 10.2. The molecule has 1 saturated heterocycles. The van der Waals surface area contributed by atoms with Crippen molar-refractivity contribution in [3.05, 3.63) is 29.0 Å². The van der Waals surface area contributed by atoms with Crippen molar-refractivity contribution >= 4 is 17.5 Å². The molecular formula is C12H15ClN2O2. The summed E-state index contributed by atoms with van der Waals surface area (Å²) in [4.78, 5) is 17.9. The van der Waals surface area contributed by atoms with Gasteiger partial charge in [-0.15, -0.1) is 0 Å². The predicted octanol–water partition coefficient (Wildman–Crippen LogP) is 1.72. The van der Waals surface area contributed by atoms with Crippen LogP contribution >= 0.6 is 11.6 Å². The number of aliphatic hydroxyl groups excluding tert-OH is 1. The van der Waals surface area contributed by atoms with Gasteiger partial charge in [0, 0.05) is 18.9 Å². The second-order valence-corrected chi connectivity index (χ2v) is 4.59. The number of aliphatic hydroxyl groups is 1. The third-order valence-electron chi connectivity index (χ3n) is 3.10. The average Bonchev–Trinajstić information content (AvgIpc) is 2.38. The van der Waals surface area contributed by atoms with Gasteiger partial charge < -0.3 is 10.0 Å². The molecule has 1 N–H and O–H groups in total. The van der Waals surface area contributed by atoms with E-state index in [-0.39, 0.29) is 18.6 Å². The molecule has 0 bridgehead atoms. The molecule has 0 radical (unpaired) electrons. The lowest BCUT2D eigenvalue weighted by Gasteiger charge is -2.34. The molecule has 1 amide bonds. The topological polar surface area (TPSA) is 53.4 Å². The second kappa shape index (κ2) is 5.47. The number of aromatic nitrogens is 1. The maximum Gasteiger partial charge on any atom is 0.255 e. The van der Waals surface area contributed by atoms with Gasteiger partial charge in [0.2, 0.25) is 0 Å². The predicted molar refractivity (Wildman–Crippen MR) is 65.0 cm³/mol. The summed E-state index contributed by atoms with van der Waals surface area (Å²) in [6, 6.07) is 1.54. The van der Waals surface area contributed by atoms with Gasteiger partial charge in [-0.1, -0.05) is 11.6 Å². The molecule has 0 saturated carbocycles. The minimum atomic E-state index is -0.115. The summed E-state index contributed by atoms with van der Waals surface area (Å²) < 4.78 is 0. The van der Waals surface area contributed by atoms with Gasteiger partial charge in [0.1, 0.15) is 0 Å². The standard InChI is InChI=1S/C12H15ClN2O2/c13-11-7-14-5-4-10(11)12(17)15-6-2-1-3-9(15)8-16/h4-5,7,9,16H,1-3,6,8H2. The third kappa shape index (κ3) is 2.58. The van der Waals surface area contributed by atoms with E-state index in [4.69, 9.17) is 11.6 Å². The van der Waals surface area contributed by atoms with E-state index in [0.29, 0.717) is 17.1 Å². The van der Waals surface area contributed by atoms with Gasteiger partial charge in [-0.25, -0.2) is 0 Å². The zero-order valence-electron chi connectivity index (χ0n) is 9.47. The Balaban J connectivity index is 2.21. The Morgan fingerprint density at radius 3 is 3.12 bits per heavy atom. The van der Waals surface area contributed by atoms with Crippen molar-refractivity contribution in [1.82, 2.24) is 9.88 Å². The molecule has 1 aliphatic heterocycles. The summed E-state index contributed by atoms with van der Waals surface area (Å²) in [6.45, 7) is 0.692. The van der Waals surface area contributed by atoms with Crippen molar-refractivity contribution < 1.29 is 9.90 Å². The van der Waals surface area contributed by atoms with Gasteiger partial charge in [0.05, 0.1) is 23.2 Å². The maximum absolute atomic E-state index is 12.3. The van der Waals surface area contributed by atoms with Crippen LogP contribution in [0.25, 0.3) is 0 Å². The smallest absolute Gasteiger partial charge is 0.255 e. The highest BCUT2D eigenvalue weighted by molar-refractivity contribution is 6.33. The molecule has 1 aromatic heterocycles. The molecule has 0 aromatic carbocycles.